The molecule has 40 heavy (non-hydrogen) atoms. The monoisotopic (exact) mass is 530 g/mol. The van der Waals surface area contributed by atoms with Crippen molar-refractivity contribution >= 4 is 29.3 Å². The van der Waals surface area contributed by atoms with Crippen molar-refractivity contribution in [3.63, 3.8) is 0 Å². The highest BCUT2D eigenvalue weighted by molar-refractivity contribution is 6.22. The Kier molecular flexibility index (Phi) is 6.80. The third kappa shape index (κ3) is 4.95. The van der Waals surface area contributed by atoms with Crippen LogP contribution >= 0.6 is 0 Å². The number of hydrogen-bond acceptors (Lipinski definition) is 6. The highest BCUT2D eigenvalue weighted by Gasteiger charge is 2.39. The van der Waals surface area contributed by atoms with Gasteiger partial charge in [0, 0.05) is 12.1 Å². The third-order valence-corrected chi connectivity index (χ3v) is 7.35. The number of fused-ring (bicyclic) bond motifs is 3. The number of imide groups is 1. The number of ketones is 1. The van der Waals surface area contributed by atoms with E-state index in [0.717, 1.165) is 28.0 Å². The lowest BCUT2D eigenvalue weighted by atomic mass is 10.0. The molecule has 4 aromatic carbocycles. The van der Waals surface area contributed by atoms with Crippen LogP contribution in [0, 0.1) is 0 Å². The van der Waals surface area contributed by atoms with Gasteiger partial charge in [-0.05, 0) is 64.6 Å². The maximum atomic E-state index is 12.9. The molecule has 0 radical (unpaired) electrons. The normalized spacial score (nSPS) is 15.6. The Bertz CT molecular complexity index is 1630. The van der Waals surface area contributed by atoms with Crippen LogP contribution < -0.4 is 10.2 Å². The summed E-state index contributed by atoms with van der Waals surface area (Å²) in [6, 6.07) is 28.8. The minimum Gasteiger partial charge on any atom is -0.454 e. The summed E-state index contributed by atoms with van der Waals surface area (Å²) >= 11 is 0. The number of nitrogens with one attached hydrogen (secondary N) is 1. The van der Waals surface area contributed by atoms with E-state index in [1.54, 1.807) is 6.07 Å². The Morgan fingerprint density at radius 3 is 2.30 bits per heavy atom. The van der Waals surface area contributed by atoms with Crippen molar-refractivity contribution in [3.05, 3.63) is 125 Å². The molecule has 1 fully saturated rings. The first kappa shape index (κ1) is 25.4. The first-order chi connectivity index (χ1) is 19.5. The number of esters is 1. The van der Waals surface area contributed by atoms with Crippen molar-refractivity contribution in [2.45, 2.75) is 25.4 Å². The van der Waals surface area contributed by atoms with Gasteiger partial charge < -0.3 is 10.1 Å². The number of Topliss-reactive ketones (excluding diaryl/α,β-unsaturated/α-hetero) is 1. The van der Waals surface area contributed by atoms with E-state index in [1.807, 2.05) is 54.6 Å². The van der Waals surface area contributed by atoms with E-state index in [2.05, 4.69) is 17.4 Å². The van der Waals surface area contributed by atoms with E-state index in [9.17, 15) is 19.2 Å². The van der Waals surface area contributed by atoms with Crippen molar-refractivity contribution in [2.24, 2.45) is 0 Å². The van der Waals surface area contributed by atoms with Gasteiger partial charge in [-0.2, -0.15) is 0 Å². The second-order valence-electron chi connectivity index (χ2n) is 9.94. The molecule has 1 unspecified atom stereocenters. The van der Waals surface area contributed by atoms with Crippen LogP contribution in [0.4, 0.5) is 5.69 Å². The van der Waals surface area contributed by atoms with Gasteiger partial charge in [0.05, 0.1) is 23.7 Å². The minimum absolute atomic E-state index is 0.0619. The average Bonchev–Trinajstić information content (AvgIpc) is 3.50. The molecular formula is C33H26N2O5. The lowest BCUT2D eigenvalue weighted by molar-refractivity contribution is -0.121. The molecule has 0 saturated carbocycles. The zero-order valence-corrected chi connectivity index (χ0v) is 21.6. The Morgan fingerprint density at radius 1 is 0.800 bits per heavy atom. The number of hydrogen-bond donors (Lipinski definition) is 1. The lowest BCUT2D eigenvalue weighted by Crippen LogP contribution is -2.38. The molecule has 0 spiro atoms. The van der Waals surface area contributed by atoms with Gasteiger partial charge in [-0.3, -0.25) is 14.4 Å². The molecule has 7 heteroatoms. The highest BCUT2D eigenvalue weighted by atomic mass is 16.5. The largest absolute Gasteiger partial charge is 0.454 e. The summed E-state index contributed by atoms with van der Waals surface area (Å²) in [6.45, 7) is 0.0884. The molecule has 4 aromatic rings. The van der Waals surface area contributed by atoms with E-state index >= 15 is 0 Å². The summed E-state index contributed by atoms with van der Waals surface area (Å²) in [5.74, 6) is -1.59. The summed E-state index contributed by atoms with van der Waals surface area (Å²) in [6.07, 6.45) is 0.830. The Morgan fingerprint density at radius 2 is 1.50 bits per heavy atom. The van der Waals surface area contributed by atoms with Gasteiger partial charge in [0.25, 0.3) is 5.91 Å². The van der Waals surface area contributed by atoms with Crippen LogP contribution in [0.2, 0.25) is 0 Å². The molecule has 1 N–H and O–H groups in total. The molecule has 1 aliphatic heterocycles. The molecule has 198 valence electrons. The molecule has 2 aliphatic rings. The molecule has 1 heterocycles. The standard InChI is InChI=1S/C33H26N2O5/c36-30(24-12-15-28-25(17-24)16-23-8-4-5-9-27(23)28)20-40-33(39)22-10-13-26(14-11-22)35-31(37)18-29(32(35)38)34-19-21-6-2-1-3-7-21/h1-15,17,29,34H,16,18-20H2. The molecule has 1 saturated heterocycles. The third-order valence-electron chi connectivity index (χ3n) is 7.35. The van der Waals surface area contributed by atoms with E-state index in [1.165, 1.54) is 35.4 Å². The van der Waals surface area contributed by atoms with Gasteiger partial charge in [0.2, 0.25) is 5.91 Å². The van der Waals surface area contributed by atoms with Crippen molar-refractivity contribution in [1.82, 2.24) is 5.32 Å². The SMILES string of the molecule is O=C(COC(=O)c1ccc(N2C(=O)CC(NCc3ccccc3)C2=O)cc1)c1ccc2c(c1)Cc1ccccc1-2. The van der Waals surface area contributed by atoms with E-state index in [0.29, 0.717) is 17.8 Å². The predicted octanol–water partition coefficient (Wildman–Crippen LogP) is 4.72. The number of benzene rings is 4. The number of rotatable bonds is 8. The summed E-state index contributed by atoms with van der Waals surface area (Å²) in [5.41, 5.74) is 6.73. The summed E-state index contributed by atoms with van der Waals surface area (Å²) in [5, 5.41) is 3.15. The summed E-state index contributed by atoms with van der Waals surface area (Å²) in [4.78, 5) is 52.0. The molecular weight excluding hydrogens is 504 g/mol. The summed E-state index contributed by atoms with van der Waals surface area (Å²) < 4.78 is 5.28. The van der Waals surface area contributed by atoms with Crippen molar-refractivity contribution in [1.29, 1.82) is 0 Å². The van der Waals surface area contributed by atoms with Crippen LogP contribution in [0.1, 0.15) is 43.8 Å². The van der Waals surface area contributed by atoms with Crippen molar-refractivity contribution in [2.75, 3.05) is 11.5 Å². The van der Waals surface area contributed by atoms with Gasteiger partial charge in [-0.1, -0.05) is 66.7 Å². The molecule has 0 bridgehead atoms. The molecule has 6 rings (SSSR count). The summed E-state index contributed by atoms with van der Waals surface area (Å²) in [7, 11) is 0. The van der Waals surface area contributed by atoms with Crippen molar-refractivity contribution in [3.8, 4) is 11.1 Å². The number of carbonyl (C=O) groups excluding carboxylic acids is 4. The van der Waals surface area contributed by atoms with Crippen LogP contribution in [-0.2, 0) is 27.3 Å². The number of carbonyl (C=O) groups is 4. The average molecular weight is 531 g/mol. The van der Waals surface area contributed by atoms with Gasteiger partial charge in [0.1, 0.15) is 0 Å². The predicted molar refractivity (Wildman–Crippen MR) is 150 cm³/mol. The van der Waals surface area contributed by atoms with E-state index in [4.69, 9.17) is 4.74 Å². The fourth-order valence-corrected chi connectivity index (χ4v) is 5.26. The van der Waals surface area contributed by atoms with Gasteiger partial charge in [-0.15, -0.1) is 0 Å². The second-order valence-corrected chi connectivity index (χ2v) is 9.94. The first-order valence-corrected chi connectivity index (χ1v) is 13.1. The van der Waals surface area contributed by atoms with Gasteiger partial charge in [0.15, 0.2) is 12.4 Å². The van der Waals surface area contributed by atoms with Gasteiger partial charge >= 0.3 is 5.97 Å². The highest BCUT2D eigenvalue weighted by Crippen LogP contribution is 2.36. The first-order valence-electron chi connectivity index (χ1n) is 13.1. The molecule has 2 amide bonds. The fraction of sp³-hybridized carbons (Fsp3) is 0.152. The Labute approximate surface area is 231 Å². The Balaban J connectivity index is 1.05. The lowest BCUT2D eigenvalue weighted by Gasteiger charge is -2.16. The maximum absolute atomic E-state index is 12.9. The molecule has 0 aromatic heterocycles. The van der Waals surface area contributed by atoms with Crippen LogP contribution in [0.25, 0.3) is 11.1 Å². The molecule has 1 aliphatic carbocycles. The fourth-order valence-electron chi connectivity index (χ4n) is 5.26. The smallest absolute Gasteiger partial charge is 0.338 e. The molecule has 1 atom stereocenters. The van der Waals surface area contributed by atoms with Gasteiger partial charge in [-0.25, -0.2) is 9.69 Å². The number of amides is 2. The van der Waals surface area contributed by atoms with Crippen LogP contribution in [0.3, 0.4) is 0 Å². The van der Waals surface area contributed by atoms with Crippen LogP contribution in [0.15, 0.2) is 97.1 Å². The topological polar surface area (TPSA) is 92.8 Å². The van der Waals surface area contributed by atoms with Crippen LogP contribution in [-0.4, -0.2) is 36.2 Å². The van der Waals surface area contributed by atoms with E-state index < -0.39 is 12.0 Å². The second kappa shape index (κ2) is 10.7. The minimum atomic E-state index is -0.657. The van der Waals surface area contributed by atoms with E-state index in [-0.39, 0.29) is 36.2 Å². The molecule has 7 nitrogen and oxygen atoms in total. The number of anilines is 1. The number of ether oxygens (including phenoxy) is 1. The quantitative estimate of drug-likeness (QED) is 0.177. The zero-order valence-electron chi connectivity index (χ0n) is 21.6. The van der Waals surface area contributed by atoms with Crippen molar-refractivity contribution < 1.29 is 23.9 Å². The maximum Gasteiger partial charge on any atom is 0.338 e. The zero-order chi connectivity index (χ0) is 27.6. The number of nitrogens with zero attached hydrogens (tertiary/aromatic N) is 1. The Hall–Kier alpha value is -4.88. The van der Waals surface area contributed by atoms with Crippen LogP contribution in [0.5, 0.6) is 0 Å².